The second kappa shape index (κ2) is 12.2. The quantitative estimate of drug-likeness (QED) is 0.183. The Bertz CT molecular complexity index is 1230. The van der Waals surface area contributed by atoms with Gasteiger partial charge in [-0.15, -0.1) is 0 Å². The van der Waals surface area contributed by atoms with Gasteiger partial charge in [-0.05, 0) is 106 Å². The molecule has 3 aliphatic heterocycles. The van der Waals surface area contributed by atoms with Crippen LogP contribution in [0.3, 0.4) is 0 Å². The lowest BCUT2D eigenvalue weighted by Gasteiger charge is -2.64. The molecule has 4 saturated carbocycles. The van der Waals surface area contributed by atoms with Crippen LogP contribution in [0.4, 0.5) is 0 Å². The van der Waals surface area contributed by atoms with Crippen molar-refractivity contribution in [3.63, 3.8) is 0 Å². The highest BCUT2D eigenvalue weighted by Gasteiger charge is 2.68. The molecule has 7 rings (SSSR count). The summed E-state index contributed by atoms with van der Waals surface area (Å²) >= 11 is 0. The second-order valence-electron chi connectivity index (χ2n) is 16.3. The van der Waals surface area contributed by atoms with Crippen LogP contribution in [0.2, 0.25) is 0 Å². The molecule has 0 aromatic carbocycles. The van der Waals surface area contributed by atoms with Gasteiger partial charge in [0.15, 0.2) is 12.6 Å². The molecule has 0 unspecified atom stereocenters. The second-order valence-corrected chi connectivity index (χ2v) is 16.3. The molecular weight excluding hydrogens is 612 g/mol. The van der Waals surface area contributed by atoms with Crippen molar-refractivity contribution in [3.05, 3.63) is 11.6 Å². The van der Waals surface area contributed by atoms with E-state index in [0.29, 0.717) is 18.4 Å². The lowest BCUT2D eigenvalue weighted by molar-refractivity contribution is -0.357. The number of rotatable bonds is 5. The third-order valence-electron chi connectivity index (χ3n) is 14.1. The maximum atomic E-state index is 12.5. The molecule has 6 N–H and O–H groups in total. The molecule has 18 atom stereocenters. The van der Waals surface area contributed by atoms with Crippen molar-refractivity contribution in [1.82, 2.24) is 0 Å². The molecule has 12 heteroatoms. The first-order valence-corrected chi connectivity index (χ1v) is 17.8. The molecule has 3 heterocycles. The average Bonchev–Trinajstić information content (AvgIpc) is 3.58. The molecule has 0 aromatic heterocycles. The Morgan fingerprint density at radius 1 is 0.766 bits per heavy atom. The highest BCUT2D eigenvalue weighted by Crippen LogP contribution is 2.70. The van der Waals surface area contributed by atoms with Crippen LogP contribution in [0.1, 0.15) is 85.5 Å². The summed E-state index contributed by atoms with van der Waals surface area (Å²) in [6, 6.07) is 0. The number of ether oxygens (including phenoxy) is 5. The lowest BCUT2D eigenvalue weighted by Crippen LogP contribution is -2.64. The first-order valence-electron chi connectivity index (χ1n) is 17.8. The zero-order valence-corrected chi connectivity index (χ0v) is 27.9. The van der Waals surface area contributed by atoms with Crippen LogP contribution in [-0.2, 0) is 28.5 Å². The van der Waals surface area contributed by atoms with Gasteiger partial charge in [0, 0.05) is 11.5 Å². The third kappa shape index (κ3) is 5.36. The number of hydrogen-bond donors (Lipinski definition) is 6. The van der Waals surface area contributed by atoms with E-state index in [-0.39, 0.29) is 34.7 Å². The van der Waals surface area contributed by atoms with Gasteiger partial charge in [0.2, 0.25) is 0 Å². The summed E-state index contributed by atoms with van der Waals surface area (Å²) in [5.74, 6) is 0.893. The Morgan fingerprint density at radius 2 is 1.47 bits per heavy atom. The van der Waals surface area contributed by atoms with Gasteiger partial charge in [0.05, 0.1) is 23.9 Å². The van der Waals surface area contributed by atoms with Gasteiger partial charge in [-0.1, -0.05) is 13.8 Å². The summed E-state index contributed by atoms with van der Waals surface area (Å²) in [6.45, 7) is 8.21. The summed E-state index contributed by atoms with van der Waals surface area (Å²) in [5, 5.41) is 65.1. The lowest BCUT2D eigenvalue weighted by atomic mass is 9.43. The molecule has 0 aromatic rings. The summed E-state index contributed by atoms with van der Waals surface area (Å²) < 4.78 is 29.0. The minimum absolute atomic E-state index is 0.0531. The number of carbonyl (C=O) groups excluding carboxylic acids is 1. The van der Waals surface area contributed by atoms with Crippen LogP contribution >= 0.6 is 0 Å². The molecule has 4 aliphatic carbocycles. The summed E-state index contributed by atoms with van der Waals surface area (Å²) in [5.41, 5.74) is 0.0545. The van der Waals surface area contributed by atoms with Crippen LogP contribution in [0.5, 0.6) is 0 Å². The van der Waals surface area contributed by atoms with Gasteiger partial charge in [-0.2, -0.15) is 0 Å². The zero-order chi connectivity index (χ0) is 33.6. The number of esters is 1. The largest absolute Gasteiger partial charge is 0.458 e. The van der Waals surface area contributed by atoms with Crippen LogP contribution in [-0.4, -0.2) is 116 Å². The van der Waals surface area contributed by atoms with Crippen LogP contribution < -0.4 is 0 Å². The van der Waals surface area contributed by atoms with E-state index in [1.807, 2.05) is 0 Å². The van der Waals surface area contributed by atoms with E-state index in [9.17, 15) is 35.4 Å². The number of fused-ring (bicyclic) bond motifs is 5. The Balaban J connectivity index is 0.980. The van der Waals surface area contributed by atoms with Crippen molar-refractivity contribution in [2.24, 2.45) is 34.5 Å². The van der Waals surface area contributed by atoms with E-state index in [2.05, 4.69) is 13.8 Å². The smallest absolute Gasteiger partial charge is 0.331 e. The van der Waals surface area contributed by atoms with Crippen LogP contribution in [0.15, 0.2) is 11.6 Å². The van der Waals surface area contributed by atoms with Crippen molar-refractivity contribution in [1.29, 1.82) is 0 Å². The summed E-state index contributed by atoms with van der Waals surface area (Å²) in [6.07, 6.45) is -2.59. The van der Waals surface area contributed by atoms with Gasteiger partial charge in [-0.3, -0.25) is 0 Å². The van der Waals surface area contributed by atoms with E-state index in [4.69, 9.17) is 23.7 Å². The molecule has 0 amide bonds. The van der Waals surface area contributed by atoms with Gasteiger partial charge in [0.25, 0.3) is 0 Å². The molecule has 2 saturated heterocycles. The highest BCUT2D eigenvalue weighted by atomic mass is 16.7. The Kier molecular flexibility index (Phi) is 8.93. The van der Waals surface area contributed by atoms with Gasteiger partial charge in [-0.25, -0.2) is 4.79 Å². The van der Waals surface area contributed by atoms with E-state index >= 15 is 0 Å². The van der Waals surface area contributed by atoms with Crippen molar-refractivity contribution >= 4 is 5.97 Å². The third-order valence-corrected chi connectivity index (χ3v) is 14.1. The van der Waals surface area contributed by atoms with E-state index in [0.717, 1.165) is 63.4 Å². The fraction of sp³-hybridized carbons (Fsp3) is 0.914. The predicted molar refractivity (Wildman–Crippen MR) is 164 cm³/mol. The molecule has 7 aliphatic rings. The maximum absolute atomic E-state index is 12.5. The molecule has 266 valence electrons. The van der Waals surface area contributed by atoms with Crippen molar-refractivity contribution in [2.45, 2.75) is 159 Å². The summed E-state index contributed by atoms with van der Waals surface area (Å²) in [4.78, 5) is 11.9. The SMILES string of the molecule is C[C@@H]1O[C@@H](O[C@@H]2[C@@H](O)[C@@H](O)[C@H](O[C@H]3CC[C@@]4(C)[C@H](CC[C@@H]5[C@@H]4CC[C@]4(C)[C@@H](C6=CC(=O)OC6)CC[C@]54O)C3)O[C@H]2C)[C@H](O)[C@H](O)[C@H]1O. The Labute approximate surface area is 276 Å². The van der Waals surface area contributed by atoms with E-state index in [1.54, 1.807) is 19.9 Å². The standard InChI is InChI=1S/C35H54O12/c1-16-25(37)26(38)28(40)32(44-16)47-30-17(2)45-31(29(41)27(30)39)46-20-7-10-33(3)19(14-20)5-6-23-22(33)8-11-34(4)21(9-12-35(23,34)42)18-13-24(36)43-15-18/h13,16-17,19-23,25-32,37-42H,5-12,14-15H2,1-4H3/t16-,17-,19+,20-,21+,22-,23+,25-,26+,27-,28+,29+,30-,31-,32-,33-,34+,35-/m0/s1. The topological polar surface area (TPSA) is 185 Å². The molecule has 6 fully saturated rings. The minimum Gasteiger partial charge on any atom is -0.458 e. The fourth-order valence-corrected chi connectivity index (χ4v) is 11.3. The summed E-state index contributed by atoms with van der Waals surface area (Å²) in [7, 11) is 0. The van der Waals surface area contributed by atoms with Crippen LogP contribution in [0.25, 0.3) is 0 Å². The molecule has 0 bridgehead atoms. The molecule has 0 radical (unpaired) electrons. The van der Waals surface area contributed by atoms with E-state index < -0.39 is 67.0 Å². The first kappa shape index (κ1) is 34.3. The van der Waals surface area contributed by atoms with Gasteiger partial charge in [0.1, 0.15) is 43.2 Å². The number of hydrogen-bond acceptors (Lipinski definition) is 12. The number of cyclic esters (lactones) is 1. The monoisotopic (exact) mass is 666 g/mol. The molecular formula is C35H54O12. The Morgan fingerprint density at radius 3 is 2.19 bits per heavy atom. The fourth-order valence-electron chi connectivity index (χ4n) is 11.3. The average molecular weight is 667 g/mol. The maximum Gasteiger partial charge on any atom is 0.331 e. The van der Waals surface area contributed by atoms with Crippen molar-refractivity contribution < 1.29 is 59.1 Å². The highest BCUT2D eigenvalue weighted by molar-refractivity contribution is 5.85. The minimum atomic E-state index is -1.54. The van der Waals surface area contributed by atoms with E-state index in [1.165, 1.54) is 0 Å². The zero-order valence-electron chi connectivity index (χ0n) is 27.9. The van der Waals surface area contributed by atoms with Gasteiger partial charge >= 0.3 is 5.97 Å². The van der Waals surface area contributed by atoms with Crippen molar-refractivity contribution in [2.75, 3.05) is 6.61 Å². The molecule has 0 spiro atoms. The van der Waals surface area contributed by atoms with Gasteiger partial charge < -0.3 is 54.3 Å². The molecule has 47 heavy (non-hydrogen) atoms. The first-order chi connectivity index (χ1) is 22.2. The Hall–Kier alpha value is -1.19. The normalized spacial score (nSPS) is 56.3. The molecule has 12 nitrogen and oxygen atoms in total. The number of carbonyl (C=O) groups is 1. The van der Waals surface area contributed by atoms with Crippen molar-refractivity contribution in [3.8, 4) is 0 Å². The number of aliphatic hydroxyl groups is 6. The van der Waals surface area contributed by atoms with Crippen LogP contribution in [0, 0.1) is 34.5 Å². The predicted octanol–water partition coefficient (Wildman–Crippen LogP) is 1.31. The number of aliphatic hydroxyl groups excluding tert-OH is 5.